The molecule has 100 valence electrons. The van der Waals surface area contributed by atoms with Crippen molar-refractivity contribution >= 4 is 22.9 Å². The third-order valence-corrected chi connectivity index (χ3v) is 3.22. The van der Waals surface area contributed by atoms with E-state index < -0.39 is 5.97 Å². The average molecular weight is 262 g/mol. The van der Waals surface area contributed by atoms with Gasteiger partial charge in [-0.15, -0.1) is 0 Å². The van der Waals surface area contributed by atoms with E-state index in [4.69, 9.17) is 9.63 Å². The normalized spacial score (nSPS) is 14.8. The molecule has 1 aliphatic rings. The molecule has 19 heavy (non-hydrogen) atoms. The van der Waals surface area contributed by atoms with Crippen LogP contribution in [-0.4, -0.2) is 39.3 Å². The minimum absolute atomic E-state index is 0.0762. The minimum Gasteiger partial charge on any atom is -0.480 e. The van der Waals surface area contributed by atoms with Gasteiger partial charge in [0.15, 0.2) is 0 Å². The van der Waals surface area contributed by atoms with Crippen LogP contribution in [0, 0.1) is 12.8 Å². The van der Waals surface area contributed by atoms with Crippen LogP contribution in [0.25, 0.3) is 11.1 Å². The monoisotopic (exact) mass is 262 g/mol. The Balaban J connectivity index is 2.02. The summed E-state index contributed by atoms with van der Waals surface area (Å²) in [5, 5.41) is 13.6. The molecule has 2 aromatic rings. The van der Waals surface area contributed by atoms with Crippen LogP contribution in [0.2, 0.25) is 0 Å². The zero-order chi connectivity index (χ0) is 13.4. The Morgan fingerprint density at radius 3 is 3.00 bits per heavy atom. The number of aryl methyl sites for hydroxylation is 1. The zero-order valence-electron chi connectivity index (χ0n) is 10.5. The van der Waals surface area contributed by atoms with Gasteiger partial charge in [0.1, 0.15) is 24.1 Å². The standard InChI is InChI=1S/C12H14N4O3/c1-7-10-11(13-6-14-12(10)19-15-7)16(5-9(17)18)4-8-2-3-8/h6,8H,2-5H2,1H3,(H,17,18). The lowest BCUT2D eigenvalue weighted by Crippen LogP contribution is -2.32. The van der Waals surface area contributed by atoms with E-state index in [1.54, 1.807) is 11.8 Å². The first-order valence-corrected chi connectivity index (χ1v) is 6.19. The van der Waals surface area contributed by atoms with E-state index in [1.807, 2.05) is 0 Å². The average Bonchev–Trinajstić information content (AvgIpc) is 3.11. The maximum absolute atomic E-state index is 11.0. The molecular formula is C12H14N4O3. The van der Waals surface area contributed by atoms with Crippen LogP contribution < -0.4 is 4.90 Å². The molecule has 0 aliphatic heterocycles. The summed E-state index contributed by atoms with van der Waals surface area (Å²) in [5.41, 5.74) is 1.07. The Morgan fingerprint density at radius 1 is 1.53 bits per heavy atom. The van der Waals surface area contributed by atoms with Gasteiger partial charge in [-0.25, -0.2) is 4.98 Å². The van der Waals surface area contributed by atoms with E-state index in [1.165, 1.54) is 6.33 Å². The Kier molecular flexibility index (Phi) is 2.81. The third-order valence-electron chi connectivity index (χ3n) is 3.22. The van der Waals surface area contributed by atoms with Crippen molar-refractivity contribution in [2.45, 2.75) is 19.8 Å². The summed E-state index contributed by atoms with van der Waals surface area (Å²) in [6.07, 6.45) is 3.67. The molecule has 1 saturated carbocycles. The molecule has 1 aliphatic carbocycles. The fraction of sp³-hybridized carbons (Fsp3) is 0.500. The van der Waals surface area contributed by atoms with Crippen molar-refractivity contribution in [1.82, 2.24) is 15.1 Å². The van der Waals surface area contributed by atoms with E-state index in [9.17, 15) is 4.79 Å². The highest BCUT2D eigenvalue weighted by molar-refractivity contribution is 5.89. The van der Waals surface area contributed by atoms with Crippen molar-refractivity contribution in [3.63, 3.8) is 0 Å². The first kappa shape index (κ1) is 11.9. The van der Waals surface area contributed by atoms with Crippen LogP contribution in [0.3, 0.4) is 0 Å². The van der Waals surface area contributed by atoms with Crippen LogP contribution in [0.5, 0.6) is 0 Å². The highest BCUT2D eigenvalue weighted by Gasteiger charge is 2.28. The summed E-state index contributed by atoms with van der Waals surface area (Å²) in [6, 6.07) is 0. The van der Waals surface area contributed by atoms with E-state index in [0.29, 0.717) is 35.1 Å². The molecule has 0 unspecified atom stereocenters. The molecule has 1 N–H and O–H groups in total. The number of rotatable bonds is 5. The van der Waals surface area contributed by atoms with E-state index >= 15 is 0 Å². The number of aliphatic carboxylic acids is 1. The SMILES string of the molecule is Cc1noc2ncnc(N(CC(=O)O)CC3CC3)c12. The molecule has 0 atom stereocenters. The number of carboxylic acid groups (broad SMARTS) is 1. The first-order chi connectivity index (χ1) is 9.15. The Bertz CT molecular complexity index is 620. The quantitative estimate of drug-likeness (QED) is 0.866. The molecule has 7 heteroatoms. The molecule has 0 aromatic carbocycles. The summed E-state index contributed by atoms with van der Waals surface area (Å²) in [6.45, 7) is 2.42. The Hall–Kier alpha value is -2.18. The summed E-state index contributed by atoms with van der Waals surface area (Å²) < 4.78 is 5.09. The molecule has 2 aromatic heterocycles. The van der Waals surface area contributed by atoms with Gasteiger partial charge in [0, 0.05) is 6.54 Å². The van der Waals surface area contributed by atoms with Crippen molar-refractivity contribution in [1.29, 1.82) is 0 Å². The van der Waals surface area contributed by atoms with Gasteiger partial charge in [0.25, 0.3) is 5.71 Å². The lowest BCUT2D eigenvalue weighted by atomic mass is 10.2. The number of aromatic nitrogens is 3. The van der Waals surface area contributed by atoms with Crippen LogP contribution in [0.15, 0.2) is 10.9 Å². The Labute approximate surface area is 109 Å². The van der Waals surface area contributed by atoms with Crippen molar-refractivity contribution < 1.29 is 14.4 Å². The third kappa shape index (κ3) is 2.35. The highest BCUT2D eigenvalue weighted by Crippen LogP contribution is 2.33. The summed E-state index contributed by atoms with van der Waals surface area (Å²) in [7, 11) is 0. The predicted octanol–water partition coefficient (Wildman–Crippen LogP) is 1.23. The van der Waals surface area contributed by atoms with Crippen LogP contribution in [0.4, 0.5) is 5.82 Å². The smallest absolute Gasteiger partial charge is 0.323 e. The molecule has 3 rings (SSSR count). The van der Waals surface area contributed by atoms with Crippen molar-refractivity contribution in [3.8, 4) is 0 Å². The number of fused-ring (bicyclic) bond motifs is 1. The lowest BCUT2D eigenvalue weighted by Gasteiger charge is -2.21. The maximum Gasteiger partial charge on any atom is 0.323 e. The number of hydrogen-bond acceptors (Lipinski definition) is 6. The van der Waals surface area contributed by atoms with Gasteiger partial charge >= 0.3 is 5.97 Å². The zero-order valence-corrected chi connectivity index (χ0v) is 10.5. The number of carbonyl (C=O) groups is 1. The Morgan fingerprint density at radius 2 is 2.32 bits per heavy atom. The van der Waals surface area contributed by atoms with Gasteiger partial charge < -0.3 is 14.5 Å². The fourth-order valence-electron chi connectivity index (χ4n) is 2.14. The van der Waals surface area contributed by atoms with Crippen molar-refractivity contribution in [2.24, 2.45) is 5.92 Å². The number of hydrogen-bond donors (Lipinski definition) is 1. The van der Waals surface area contributed by atoms with Crippen LogP contribution in [-0.2, 0) is 4.79 Å². The molecule has 1 fully saturated rings. The molecule has 0 bridgehead atoms. The van der Waals surface area contributed by atoms with Crippen molar-refractivity contribution in [2.75, 3.05) is 18.0 Å². The molecule has 0 radical (unpaired) electrons. The van der Waals surface area contributed by atoms with E-state index in [2.05, 4.69) is 15.1 Å². The minimum atomic E-state index is -0.874. The van der Waals surface area contributed by atoms with Crippen LogP contribution >= 0.6 is 0 Å². The second-order valence-electron chi connectivity index (χ2n) is 4.86. The van der Waals surface area contributed by atoms with Crippen molar-refractivity contribution in [3.05, 3.63) is 12.0 Å². The maximum atomic E-state index is 11.0. The molecule has 7 nitrogen and oxygen atoms in total. The van der Waals surface area contributed by atoms with Gasteiger partial charge in [-0.3, -0.25) is 4.79 Å². The largest absolute Gasteiger partial charge is 0.480 e. The van der Waals surface area contributed by atoms with E-state index in [0.717, 1.165) is 12.8 Å². The highest BCUT2D eigenvalue weighted by atomic mass is 16.5. The first-order valence-electron chi connectivity index (χ1n) is 6.19. The topological polar surface area (TPSA) is 92.4 Å². The van der Waals surface area contributed by atoms with Gasteiger partial charge in [0.05, 0.1) is 5.69 Å². The summed E-state index contributed by atoms with van der Waals surface area (Å²) in [4.78, 5) is 21.0. The van der Waals surface area contributed by atoms with Gasteiger partial charge in [0.2, 0.25) is 0 Å². The summed E-state index contributed by atoms with van der Waals surface area (Å²) in [5.74, 6) is 0.282. The molecular weight excluding hydrogens is 248 g/mol. The number of carboxylic acids is 1. The molecule has 0 spiro atoms. The van der Waals surface area contributed by atoms with Crippen LogP contribution in [0.1, 0.15) is 18.5 Å². The lowest BCUT2D eigenvalue weighted by molar-refractivity contribution is -0.135. The van der Waals surface area contributed by atoms with Gasteiger partial charge in [-0.2, -0.15) is 4.98 Å². The number of anilines is 1. The van der Waals surface area contributed by atoms with Gasteiger partial charge in [-0.05, 0) is 25.7 Å². The molecule has 0 amide bonds. The van der Waals surface area contributed by atoms with Gasteiger partial charge in [-0.1, -0.05) is 5.16 Å². The second kappa shape index (κ2) is 4.49. The molecule has 0 saturated heterocycles. The summed E-state index contributed by atoms with van der Waals surface area (Å²) >= 11 is 0. The number of nitrogens with zero attached hydrogens (tertiary/aromatic N) is 4. The molecule has 2 heterocycles. The fourth-order valence-corrected chi connectivity index (χ4v) is 2.14. The van der Waals surface area contributed by atoms with E-state index in [-0.39, 0.29) is 6.54 Å². The second-order valence-corrected chi connectivity index (χ2v) is 4.86. The predicted molar refractivity (Wildman–Crippen MR) is 66.9 cm³/mol.